The summed E-state index contributed by atoms with van der Waals surface area (Å²) in [5, 5.41) is 3.55. The zero-order chi connectivity index (χ0) is 24.6. The number of amides is 1. The van der Waals surface area contributed by atoms with E-state index in [1.54, 1.807) is 19.9 Å². The highest BCUT2D eigenvalue weighted by Crippen LogP contribution is 2.30. The zero-order valence-corrected chi connectivity index (χ0v) is 21.1. The number of ether oxygens (including phenoxy) is 1. The minimum atomic E-state index is -0.539. The molecule has 3 heterocycles. The van der Waals surface area contributed by atoms with Crippen LogP contribution < -0.4 is 26.2 Å². The van der Waals surface area contributed by atoms with E-state index in [-0.39, 0.29) is 23.8 Å². The summed E-state index contributed by atoms with van der Waals surface area (Å²) in [6.45, 7) is 9.17. The maximum absolute atomic E-state index is 13.3. The first-order valence-corrected chi connectivity index (χ1v) is 12.4. The quantitative estimate of drug-likeness (QED) is 0.575. The van der Waals surface area contributed by atoms with Crippen LogP contribution in [0.2, 0.25) is 0 Å². The van der Waals surface area contributed by atoms with E-state index >= 15 is 0 Å². The molecule has 0 aliphatic carbocycles. The van der Waals surface area contributed by atoms with Gasteiger partial charge in [0.1, 0.15) is 17.0 Å². The van der Waals surface area contributed by atoms with Crippen LogP contribution in [0, 0.1) is 12.8 Å². The van der Waals surface area contributed by atoms with E-state index in [2.05, 4.69) is 22.1 Å². The largest absolute Gasteiger partial charge is 0.495 e. The number of thiazole rings is 1. The average molecular weight is 486 g/mol. The highest BCUT2D eigenvalue weighted by Gasteiger charge is 2.24. The van der Waals surface area contributed by atoms with Gasteiger partial charge in [0.2, 0.25) is 5.91 Å². The van der Waals surface area contributed by atoms with Gasteiger partial charge in [-0.05, 0) is 57.2 Å². The van der Waals surface area contributed by atoms with Gasteiger partial charge in [0, 0.05) is 19.1 Å². The third kappa shape index (κ3) is 4.59. The van der Waals surface area contributed by atoms with Crippen molar-refractivity contribution in [2.24, 2.45) is 5.92 Å². The summed E-state index contributed by atoms with van der Waals surface area (Å²) in [4.78, 5) is 46.3. The molecule has 0 unspecified atom stereocenters. The van der Waals surface area contributed by atoms with E-state index in [0.29, 0.717) is 22.1 Å². The van der Waals surface area contributed by atoms with Crippen molar-refractivity contribution in [1.29, 1.82) is 0 Å². The Morgan fingerprint density at radius 2 is 1.97 bits per heavy atom. The molecule has 0 radical (unpaired) electrons. The molecule has 1 amide bonds. The lowest BCUT2D eigenvalue weighted by atomic mass is 10.00. The number of aromatic nitrogens is 3. The number of carbonyl (C=O) groups is 1. The van der Waals surface area contributed by atoms with Gasteiger partial charge in [-0.3, -0.25) is 18.7 Å². The zero-order valence-electron chi connectivity index (χ0n) is 20.3. The molecule has 4 rings (SSSR count). The second-order valence-corrected chi connectivity index (χ2v) is 10.2. The van der Waals surface area contributed by atoms with Crippen LogP contribution in [0.3, 0.4) is 0 Å². The lowest BCUT2D eigenvalue weighted by molar-refractivity contribution is -0.116. The number of benzene rings is 1. The molecule has 182 valence electrons. The Kier molecular flexibility index (Phi) is 6.79. The predicted molar refractivity (Wildman–Crippen MR) is 135 cm³/mol. The molecular weight excluding hydrogens is 454 g/mol. The van der Waals surface area contributed by atoms with Gasteiger partial charge in [-0.25, -0.2) is 9.78 Å². The summed E-state index contributed by atoms with van der Waals surface area (Å²) in [6, 6.07) is 5.12. The van der Waals surface area contributed by atoms with E-state index in [0.717, 1.165) is 36.6 Å². The molecule has 0 bridgehead atoms. The summed E-state index contributed by atoms with van der Waals surface area (Å²) in [5.41, 5.74) is 0.848. The average Bonchev–Trinajstić information content (AvgIpc) is 3.23. The predicted octanol–water partition coefficient (Wildman–Crippen LogP) is 3.39. The van der Waals surface area contributed by atoms with Crippen molar-refractivity contribution in [3.63, 3.8) is 0 Å². The van der Waals surface area contributed by atoms with Crippen LogP contribution >= 0.6 is 11.3 Å². The number of anilines is 2. The van der Waals surface area contributed by atoms with Gasteiger partial charge in [0.05, 0.1) is 12.8 Å². The fourth-order valence-corrected chi connectivity index (χ4v) is 5.29. The Morgan fingerprint density at radius 1 is 1.26 bits per heavy atom. The number of methoxy groups -OCH3 is 1. The fraction of sp³-hybridized carbons (Fsp3) is 0.500. The lowest BCUT2D eigenvalue weighted by Crippen LogP contribution is -2.42. The summed E-state index contributed by atoms with van der Waals surface area (Å²) >= 11 is 1.30. The number of piperidine rings is 1. The Bertz CT molecular complexity index is 1330. The molecule has 10 heteroatoms. The Labute approximate surface area is 202 Å². The van der Waals surface area contributed by atoms with Gasteiger partial charge in [-0.15, -0.1) is 0 Å². The van der Waals surface area contributed by atoms with Gasteiger partial charge in [-0.1, -0.05) is 24.3 Å². The number of rotatable bonds is 6. The Morgan fingerprint density at radius 3 is 2.62 bits per heavy atom. The molecular formula is C24H31N5O4S. The summed E-state index contributed by atoms with van der Waals surface area (Å²) < 4.78 is 8.24. The maximum Gasteiger partial charge on any atom is 0.333 e. The van der Waals surface area contributed by atoms with E-state index in [4.69, 9.17) is 4.74 Å². The van der Waals surface area contributed by atoms with Gasteiger partial charge in [0.15, 0.2) is 10.8 Å². The number of aryl methyl sites for hydroxylation is 1. The van der Waals surface area contributed by atoms with Crippen LogP contribution in [0.15, 0.2) is 27.8 Å². The monoisotopic (exact) mass is 485 g/mol. The van der Waals surface area contributed by atoms with Gasteiger partial charge >= 0.3 is 5.69 Å². The van der Waals surface area contributed by atoms with Crippen molar-refractivity contribution in [2.75, 3.05) is 30.4 Å². The first kappa shape index (κ1) is 24.0. The van der Waals surface area contributed by atoms with Crippen LogP contribution in [0.4, 0.5) is 10.8 Å². The first-order chi connectivity index (χ1) is 16.2. The van der Waals surface area contributed by atoms with Crippen molar-refractivity contribution >= 4 is 38.4 Å². The molecule has 9 nitrogen and oxygen atoms in total. The molecule has 2 aromatic heterocycles. The number of hydrogen-bond acceptors (Lipinski definition) is 7. The Balaban J connectivity index is 1.75. The van der Waals surface area contributed by atoms with E-state index in [1.807, 2.05) is 19.1 Å². The van der Waals surface area contributed by atoms with Crippen molar-refractivity contribution in [3.05, 3.63) is 44.6 Å². The molecule has 0 atom stereocenters. The molecule has 1 aliphatic rings. The van der Waals surface area contributed by atoms with Gasteiger partial charge in [0.25, 0.3) is 5.56 Å². The SMILES string of the molecule is COc1ccc(C)cc1NC(=O)Cn1c(=O)n(C(C)C)c(=O)c2sc(N3CCC(C)CC3)nc21. The molecule has 1 N–H and O–H groups in total. The Hall–Kier alpha value is -3.14. The standard InChI is InChI=1S/C24H31N5O4S/c1-14(2)29-22(31)20-21(26-23(34-20)27-10-8-15(3)9-11-27)28(24(29)32)13-19(30)25-17-12-16(4)6-7-18(17)33-5/h6-7,12,14-15H,8-11,13H2,1-5H3,(H,25,30). The second kappa shape index (κ2) is 9.61. The topological polar surface area (TPSA) is 98.5 Å². The highest BCUT2D eigenvalue weighted by atomic mass is 32.1. The molecule has 1 aromatic carbocycles. The second-order valence-electron chi connectivity index (χ2n) is 9.21. The molecule has 1 fully saturated rings. The fourth-order valence-electron chi connectivity index (χ4n) is 4.23. The van der Waals surface area contributed by atoms with Crippen LogP contribution in [-0.2, 0) is 11.3 Å². The van der Waals surface area contributed by atoms with Crippen molar-refractivity contribution in [2.45, 2.75) is 53.1 Å². The van der Waals surface area contributed by atoms with Gasteiger partial charge in [-0.2, -0.15) is 0 Å². The number of carbonyl (C=O) groups excluding carboxylic acids is 1. The van der Waals surface area contributed by atoms with Crippen LogP contribution in [0.25, 0.3) is 10.3 Å². The molecule has 34 heavy (non-hydrogen) atoms. The van der Waals surface area contributed by atoms with E-state index in [9.17, 15) is 14.4 Å². The van der Waals surface area contributed by atoms with Crippen LogP contribution in [-0.4, -0.2) is 40.2 Å². The smallest absolute Gasteiger partial charge is 0.333 e. The molecule has 0 saturated carbocycles. The summed E-state index contributed by atoms with van der Waals surface area (Å²) in [5.74, 6) is 0.783. The number of fused-ring (bicyclic) bond motifs is 1. The van der Waals surface area contributed by atoms with E-state index < -0.39 is 11.6 Å². The molecule has 1 aliphatic heterocycles. The third-order valence-corrected chi connectivity index (χ3v) is 7.30. The normalized spacial score (nSPS) is 14.7. The van der Waals surface area contributed by atoms with Gasteiger partial charge < -0.3 is 15.0 Å². The first-order valence-electron chi connectivity index (χ1n) is 11.5. The molecule has 1 saturated heterocycles. The minimum absolute atomic E-state index is 0.261. The maximum atomic E-state index is 13.3. The van der Waals surface area contributed by atoms with Crippen LogP contribution in [0.5, 0.6) is 5.75 Å². The van der Waals surface area contributed by atoms with Crippen molar-refractivity contribution in [3.8, 4) is 5.75 Å². The van der Waals surface area contributed by atoms with E-state index in [1.165, 1.54) is 27.6 Å². The highest BCUT2D eigenvalue weighted by molar-refractivity contribution is 7.22. The minimum Gasteiger partial charge on any atom is -0.495 e. The van der Waals surface area contributed by atoms with Crippen molar-refractivity contribution < 1.29 is 9.53 Å². The number of nitrogens with zero attached hydrogens (tertiary/aromatic N) is 4. The summed E-state index contributed by atoms with van der Waals surface area (Å²) in [6.07, 6.45) is 2.11. The number of hydrogen-bond donors (Lipinski definition) is 1. The van der Waals surface area contributed by atoms with Crippen molar-refractivity contribution in [1.82, 2.24) is 14.1 Å². The van der Waals surface area contributed by atoms with Crippen LogP contribution in [0.1, 0.15) is 45.2 Å². The molecule has 0 spiro atoms. The third-order valence-electron chi connectivity index (χ3n) is 6.21. The lowest BCUT2D eigenvalue weighted by Gasteiger charge is -2.29. The molecule has 3 aromatic rings. The number of nitrogens with one attached hydrogen (secondary N) is 1. The summed E-state index contributed by atoms with van der Waals surface area (Å²) in [7, 11) is 1.53.